The molecule has 38 heavy (non-hydrogen) atoms. The minimum atomic E-state index is 0.902. The minimum absolute atomic E-state index is 0.902. The van der Waals surface area contributed by atoms with E-state index in [0.29, 0.717) is 0 Å². The van der Waals surface area contributed by atoms with Crippen molar-refractivity contribution in [3.63, 3.8) is 0 Å². The van der Waals surface area contributed by atoms with Crippen LogP contribution in [0.2, 0.25) is 0 Å². The quantitative estimate of drug-likeness (QED) is 0.265. The van der Waals surface area contributed by atoms with Gasteiger partial charge in [0.1, 0.15) is 11.2 Å². The zero-order valence-corrected chi connectivity index (χ0v) is 20.6. The van der Waals surface area contributed by atoms with Gasteiger partial charge in [-0.3, -0.25) is 0 Å². The lowest BCUT2D eigenvalue weighted by molar-refractivity contribution is 0.669. The second kappa shape index (κ2) is 8.22. The van der Waals surface area contributed by atoms with Crippen LogP contribution in [0, 0.1) is 0 Å². The van der Waals surface area contributed by atoms with E-state index in [4.69, 9.17) is 4.42 Å². The van der Waals surface area contributed by atoms with Crippen molar-refractivity contribution in [3.8, 4) is 33.4 Å². The summed E-state index contributed by atoms with van der Waals surface area (Å²) in [4.78, 5) is 3.79. The highest BCUT2D eigenvalue weighted by Gasteiger charge is 2.21. The second-order valence-corrected chi connectivity index (χ2v) is 9.77. The van der Waals surface area contributed by atoms with Crippen LogP contribution in [0.4, 0.5) is 0 Å². The van der Waals surface area contributed by atoms with Crippen LogP contribution in [-0.4, -0.2) is 4.98 Å². The molecule has 0 aliphatic carbocycles. The van der Waals surface area contributed by atoms with Gasteiger partial charge in [-0.15, -0.1) is 0 Å². The first-order chi connectivity index (χ1) is 18.9. The molecule has 0 atom stereocenters. The minimum Gasteiger partial charge on any atom is -0.456 e. The van der Waals surface area contributed by atoms with E-state index in [0.717, 1.165) is 33.0 Å². The number of hydrogen-bond donors (Lipinski definition) is 1. The Balaban J connectivity index is 1.55. The monoisotopic (exact) mass is 485 g/mol. The standard InChI is InChI=1S/C36H23NO/c1-2-11-23(12-3-1)24-13-4-5-14-25(24)27-21-22-28-26-15-6-8-18-31(26)37-36(28)35(27)30-17-10-20-33-34(30)29-16-7-9-19-32(29)38-33/h1-22,37H. The molecule has 0 saturated carbocycles. The summed E-state index contributed by atoms with van der Waals surface area (Å²) in [5.74, 6) is 0. The molecule has 0 aliphatic heterocycles. The molecule has 6 aromatic carbocycles. The number of furan rings is 1. The van der Waals surface area contributed by atoms with Gasteiger partial charge < -0.3 is 9.40 Å². The topological polar surface area (TPSA) is 28.9 Å². The fraction of sp³-hybridized carbons (Fsp3) is 0. The van der Waals surface area contributed by atoms with Crippen molar-refractivity contribution < 1.29 is 4.42 Å². The molecule has 1 N–H and O–H groups in total. The zero-order valence-electron chi connectivity index (χ0n) is 20.6. The maximum Gasteiger partial charge on any atom is 0.136 e. The van der Waals surface area contributed by atoms with Crippen molar-refractivity contribution in [1.29, 1.82) is 0 Å². The van der Waals surface area contributed by atoms with Gasteiger partial charge in [0.15, 0.2) is 0 Å². The molecule has 0 fully saturated rings. The Bertz CT molecular complexity index is 2130. The van der Waals surface area contributed by atoms with Gasteiger partial charge in [0, 0.05) is 32.6 Å². The summed E-state index contributed by atoms with van der Waals surface area (Å²) in [6, 6.07) is 47.2. The Labute approximate surface area is 219 Å². The molecule has 0 aliphatic rings. The number of benzene rings is 6. The Kier molecular flexibility index (Phi) is 4.55. The summed E-state index contributed by atoms with van der Waals surface area (Å²) in [6.45, 7) is 0. The van der Waals surface area contributed by atoms with Crippen molar-refractivity contribution in [3.05, 3.63) is 133 Å². The highest BCUT2D eigenvalue weighted by atomic mass is 16.3. The molecule has 0 saturated heterocycles. The fourth-order valence-corrected chi connectivity index (χ4v) is 5.99. The third-order valence-electron chi connectivity index (χ3n) is 7.66. The lowest BCUT2D eigenvalue weighted by Crippen LogP contribution is -1.91. The molecular weight excluding hydrogens is 462 g/mol. The third kappa shape index (κ3) is 3.07. The van der Waals surface area contributed by atoms with Gasteiger partial charge in [-0.25, -0.2) is 0 Å². The van der Waals surface area contributed by atoms with Crippen LogP contribution in [-0.2, 0) is 0 Å². The van der Waals surface area contributed by atoms with E-state index in [2.05, 4.69) is 126 Å². The molecule has 0 amide bonds. The maximum absolute atomic E-state index is 6.31. The summed E-state index contributed by atoms with van der Waals surface area (Å²) in [5.41, 5.74) is 11.3. The van der Waals surface area contributed by atoms with Crippen molar-refractivity contribution in [2.75, 3.05) is 0 Å². The number of hydrogen-bond acceptors (Lipinski definition) is 1. The molecule has 0 radical (unpaired) electrons. The van der Waals surface area contributed by atoms with E-state index >= 15 is 0 Å². The van der Waals surface area contributed by atoms with Gasteiger partial charge in [0.2, 0.25) is 0 Å². The average Bonchev–Trinajstić information content (AvgIpc) is 3.56. The molecule has 178 valence electrons. The first kappa shape index (κ1) is 21.0. The molecule has 0 bridgehead atoms. The van der Waals surface area contributed by atoms with Crippen molar-refractivity contribution >= 4 is 43.7 Å². The number of rotatable bonds is 3. The first-order valence-electron chi connectivity index (χ1n) is 13.0. The van der Waals surface area contributed by atoms with Gasteiger partial charge in [-0.05, 0) is 46.0 Å². The van der Waals surface area contributed by atoms with Gasteiger partial charge in [-0.1, -0.05) is 115 Å². The molecule has 2 aromatic heterocycles. The van der Waals surface area contributed by atoms with Crippen molar-refractivity contribution in [1.82, 2.24) is 4.98 Å². The van der Waals surface area contributed by atoms with E-state index in [1.807, 2.05) is 12.1 Å². The Morgan fingerprint density at radius 1 is 0.421 bits per heavy atom. The number of fused-ring (bicyclic) bond motifs is 6. The molecule has 0 spiro atoms. The zero-order chi connectivity index (χ0) is 25.1. The molecule has 0 unspecified atom stereocenters. The number of H-pyrrole nitrogens is 1. The molecule has 8 rings (SSSR count). The van der Waals surface area contributed by atoms with Crippen LogP contribution in [0.25, 0.3) is 77.1 Å². The van der Waals surface area contributed by atoms with E-state index in [1.54, 1.807) is 0 Å². The fourth-order valence-electron chi connectivity index (χ4n) is 5.99. The normalized spacial score (nSPS) is 11.7. The van der Waals surface area contributed by atoms with Gasteiger partial charge in [0.05, 0.1) is 5.52 Å². The van der Waals surface area contributed by atoms with Gasteiger partial charge in [-0.2, -0.15) is 0 Å². The predicted molar refractivity (Wildman–Crippen MR) is 159 cm³/mol. The van der Waals surface area contributed by atoms with E-state index in [1.165, 1.54) is 44.2 Å². The molecule has 2 nitrogen and oxygen atoms in total. The SMILES string of the molecule is c1ccc(-c2ccccc2-c2ccc3c([nH]c4ccccc43)c2-c2cccc3oc4ccccc4c23)cc1. The second-order valence-electron chi connectivity index (χ2n) is 9.77. The molecule has 2 heterocycles. The van der Waals surface area contributed by atoms with E-state index in [9.17, 15) is 0 Å². The highest BCUT2D eigenvalue weighted by Crippen LogP contribution is 2.46. The number of para-hydroxylation sites is 2. The first-order valence-corrected chi connectivity index (χ1v) is 13.0. The van der Waals surface area contributed by atoms with Crippen LogP contribution in [0.15, 0.2) is 138 Å². The lowest BCUT2D eigenvalue weighted by Gasteiger charge is -2.16. The van der Waals surface area contributed by atoms with Crippen LogP contribution >= 0.6 is 0 Å². The largest absolute Gasteiger partial charge is 0.456 e. The smallest absolute Gasteiger partial charge is 0.136 e. The molecular formula is C36H23NO. The maximum atomic E-state index is 6.31. The highest BCUT2D eigenvalue weighted by molar-refractivity contribution is 6.21. The number of aromatic amines is 1. The van der Waals surface area contributed by atoms with Crippen LogP contribution in [0.5, 0.6) is 0 Å². The predicted octanol–water partition coefficient (Wildman–Crippen LogP) is 10.2. The summed E-state index contributed by atoms with van der Waals surface area (Å²) < 4.78 is 6.31. The van der Waals surface area contributed by atoms with Gasteiger partial charge in [0.25, 0.3) is 0 Å². The Morgan fingerprint density at radius 3 is 2.00 bits per heavy atom. The lowest BCUT2D eigenvalue weighted by atomic mass is 9.87. The van der Waals surface area contributed by atoms with Crippen LogP contribution in [0.3, 0.4) is 0 Å². The van der Waals surface area contributed by atoms with E-state index in [-0.39, 0.29) is 0 Å². The van der Waals surface area contributed by atoms with Crippen molar-refractivity contribution in [2.24, 2.45) is 0 Å². The molecule has 2 heteroatoms. The van der Waals surface area contributed by atoms with Crippen molar-refractivity contribution in [2.45, 2.75) is 0 Å². The summed E-state index contributed by atoms with van der Waals surface area (Å²) >= 11 is 0. The Hall–Kier alpha value is -5.08. The van der Waals surface area contributed by atoms with Crippen LogP contribution < -0.4 is 0 Å². The van der Waals surface area contributed by atoms with E-state index < -0.39 is 0 Å². The average molecular weight is 486 g/mol. The van der Waals surface area contributed by atoms with Crippen LogP contribution in [0.1, 0.15) is 0 Å². The number of nitrogens with one attached hydrogen (secondary N) is 1. The number of aromatic nitrogens is 1. The third-order valence-corrected chi connectivity index (χ3v) is 7.66. The molecule has 8 aromatic rings. The summed E-state index contributed by atoms with van der Waals surface area (Å²) in [5, 5.41) is 4.73. The Morgan fingerprint density at radius 2 is 1.11 bits per heavy atom. The van der Waals surface area contributed by atoms with Gasteiger partial charge >= 0.3 is 0 Å². The summed E-state index contributed by atoms with van der Waals surface area (Å²) in [6.07, 6.45) is 0. The summed E-state index contributed by atoms with van der Waals surface area (Å²) in [7, 11) is 0.